The van der Waals surface area contributed by atoms with Crippen LogP contribution in [0.3, 0.4) is 0 Å². The van der Waals surface area contributed by atoms with Crippen molar-refractivity contribution in [3.63, 3.8) is 0 Å². The topological polar surface area (TPSA) is 72.5 Å². The van der Waals surface area contributed by atoms with Gasteiger partial charge in [0.25, 0.3) is 10.1 Å². The molecule has 0 aromatic carbocycles. The van der Waals surface area contributed by atoms with Gasteiger partial charge in [0, 0.05) is 6.42 Å². The Morgan fingerprint density at radius 1 is 1.55 bits per heavy atom. The lowest BCUT2D eigenvalue weighted by Crippen LogP contribution is -2.26. The quantitative estimate of drug-likeness (QED) is 0.609. The van der Waals surface area contributed by atoms with Crippen LogP contribution < -0.4 is 5.48 Å². The molecular formula is C5H11NO4S. The molecule has 0 unspecified atom stereocenters. The Balaban J connectivity index is 3.64. The van der Waals surface area contributed by atoms with E-state index in [9.17, 15) is 13.2 Å². The Morgan fingerprint density at radius 3 is 2.45 bits per heavy atom. The second-order valence-corrected chi connectivity index (χ2v) is 3.64. The zero-order chi connectivity index (χ0) is 8.91. The van der Waals surface area contributed by atoms with E-state index in [1.54, 1.807) is 12.4 Å². The van der Waals surface area contributed by atoms with Crippen molar-refractivity contribution < 1.29 is 17.5 Å². The van der Waals surface area contributed by atoms with Crippen molar-refractivity contribution in [2.24, 2.45) is 0 Å². The predicted molar refractivity (Wildman–Crippen MR) is 39.0 cm³/mol. The average molecular weight is 181 g/mol. The summed E-state index contributed by atoms with van der Waals surface area (Å²) in [6, 6.07) is 0. The van der Waals surface area contributed by atoms with Crippen molar-refractivity contribution in [1.29, 1.82) is 0 Å². The molecule has 66 valence electrons. The van der Waals surface area contributed by atoms with Gasteiger partial charge in [-0.1, -0.05) is 6.92 Å². The Morgan fingerprint density at radius 2 is 2.09 bits per heavy atom. The molecule has 0 aromatic heterocycles. The summed E-state index contributed by atoms with van der Waals surface area (Å²) < 4.78 is 24.6. The smallest absolute Gasteiger partial charge is 0.273 e. The van der Waals surface area contributed by atoms with Crippen molar-refractivity contribution >= 4 is 16.0 Å². The van der Waals surface area contributed by atoms with E-state index in [0.29, 0.717) is 6.42 Å². The molecule has 11 heavy (non-hydrogen) atoms. The van der Waals surface area contributed by atoms with Crippen molar-refractivity contribution in [2.45, 2.75) is 19.8 Å². The van der Waals surface area contributed by atoms with Gasteiger partial charge < -0.3 is 0 Å². The molecule has 0 bridgehead atoms. The van der Waals surface area contributed by atoms with E-state index in [4.69, 9.17) is 0 Å². The summed E-state index contributed by atoms with van der Waals surface area (Å²) in [5, 5.41) is 0. The number of nitrogens with one attached hydrogen (secondary N) is 1. The third-order valence-electron chi connectivity index (χ3n) is 0.784. The summed E-state index contributed by atoms with van der Waals surface area (Å²) in [6.45, 7) is 1.81. The largest absolute Gasteiger partial charge is 0.285 e. The van der Waals surface area contributed by atoms with Gasteiger partial charge in [-0.05, 0) is 6.42 Å². The summed E-state index contributed by atoms with van der Waals surface area (Å²) in [7, 11) is -3.57. The van der Waals surface area contributed by atoms with Gasteiger partial charge >= 0.3 is 0 Å². The number of hydroxylamine groups is 1. The maximum Gasteiger partial charge on any atom is 0.285 e. The number of hydrogen-bond acceptors (Lipinski definition) is 4. The third-order valence-corrected chi connectivity index (χ3v) is 1.17. The van der Waals surface area contributed by atoms with Gasteiger partial charge in [0.2, 0.25) is 5.91 Å². The Kier molecular flexibility index (Phi) is 4.06. The van der Waals surface area contributed by atoms with E-state index in [1.165, 1.54) is 0 Å². The number of amides is 1. The van der Waals surface area contributed by atoms with E-state index in [-0.39, 0.29) is 6.42 Å². The first-order valence-corrected chi connectivity index (χ1v) is 4.94. The summed E-state index contributed by atoms with van der Waals surface area (Å²) in [5.41, 5.74) is 1.80. The highest BCUT2D eigenvalue weighted by atomic mass is 32.2. The summed E-state index contributed by atoms with van der Waals surface area (Å²) in [6.07, 6.45) is 1.77. The third kappa shape index (κ3) is 7.27. The predicted octanol–water partition coefficient (Wildman–Crippen LogP) is -0.206. The summed E-state index contributed by atoms with van der Waals surface area (Å²) in [4.78, 5) is 10.6. The fraction of sp³-hybridized carbons (Fsp3) is 0.800. The van der Waals surface area contributed by atoms with Crippen LogP contribution in [0.25, 0.3) is 0 Å². The zero-order valence-corrected chi connectivity index (χ0v) is 7.27. The van der Waals surface area contributed by atoms with Crippen LogP contribution in [0.15, 0.2) is 0 Å². The van der Waals surface area contributed by atoms with Crippen LogP contribution in [-0.4, -0.2) is 20.6 Å². The molecule has 0 aliphatic rings. The van der Waals surface area contributed by atoms with Gasteiger partial charge in [-0.15, -0.1) is 4.28 Å². The maximum absolute atomic E-state index is 10.6. The Hall–Kier alpha value is -0.620. The molecule has 0 saturated heterocycles. The molecule has 0 aliphatic heterocycles. The highest BCUT2D eigenvalue weighted by molar-refractivity contribution is 7.85. The minimum Gasteiger partial charge on any atom is -0.273 e. The average Bonchev–Trinajstić information content (AvgIpc) is 1.83. The minimum absolute atomic E-state index is 0.259. The lowest BCUT2D eigenvalue weighted by molar-refractivity contribution is -0.127. The van der Waals surface area contributed by atoms with Crippen LogP contribution >= 0.6 is 0 Å². The molecule has 0 aromatic rings. The molecule has 0 atom stereocenters. The molecule has 0 radical (unpaired) electrons. The van der Waals surface area contributed by atoms with Crippen LogP contribution in [0.4, 0.5) is 0 Å². The Labute approximate surface area is 65.8 Å². The van der Waals surface area contributed by atoms with Gasteiger partial charge in [-0.2, -0.15) is 8.42 Å². The highest BCUT2D eigenvalue weighted by Gasteiger charge is 2.04. The van der Waals surface area contributed by atoms with Crippen LogP contribution in [0.1, 0.15) is 19.8 Å². The first kappa shape index (κ1) is 10.4. The van der Waals surface area contributed by atoms with Crippen molar-refractivity contribution in [3.05, 3.63) is 0 Å². The first-order valence-electron chi connectivity index (χ1n) is 3.13. The van der Waals surface area contributed by atoms with Crippen LogP contribution in [0.5, 0.6) is 0 Å². The van der Waals surface area contributed by atoms with E-state index in [1.807, 2.05) is 0 Å². The summed E-state index contributed by atoms with van der Waals surface area (Å²) >= 11 is 0. The number of rotatable bonds is 4. The van der Waals surface area contributed by atoms with Crippen molar-refractivity contribution in [1.82, 2.24) is 5.48 Å². The van der Waals surface area contributed by atoms with Crippen LogP contribution in [0.2, 0.25) is 0 Å². The fourth-order valence-electron chi connectivity index (χ4n) is 0.400. The monoisotopic (exact) mass is 181 g/mol. The van der Waals surface area contributed by atoms with Gasteiger partial charge in [0.1, 0.15) is 0 Å². The standard InChI is InChI=1S/C5H11NO4S/c1-3-4-5(7)6-10-11(2,8)9/h3-4H2,1-2H3,(H,6,7). The second kappa shape index (κ2) is 4.30. The SMILES string of the molecule is CCCC(=O)NOS(C)(=O)=O. The summed E-state index contributed by atoms with van der Waals surface area (Å²) in [5.74, 6) is -0.432. The molecule has 1 N–H and O–H groups in total. The van der Waals surface area contributed by atoms with Crippen molar-refractivity contribution in [3.8, 4) is 0 Å². The van der Waals surface area contributed by atoms with E-state index >= 15 is 0 Å². The van der Waals surface area contributed by atoms with Crippen molar-refractivity contribution in [2.75, 3.05) is 6.26 Å². The minimum atomic E-state index is -3.57. The van der Waals surface area contributed by atoms with E-state index < -0.39 is 16.0 Å². The second-order valence-electron chi connectivity index (χ2n) is 2.06. The van der Waals surface area contributed by atoms with Gasteiger partial charge in [0.05, 0.1) is 6.26 Å². The molecule has 0 spiro atoms. The number of carbonyl (C=O) groups excluding carboxylic acids is 1. The fourth-order valence-corrected chi connectivity index (χ4v) is 0.645. The zero-order valence-electron chi connectivity index (χ0n) is 6.46. The van der Waals surface area contributed by atoms with Crippen LogP contribution in [0, 0.1) is 0 Å². The maximum atomic E-state index is 10.6. The first-order chi connectivity index (χ1) is 4.95. The molecule has 1 amide bonds. The molecule has 5 nitrogen and oxygen atoms in total. The number of carbonyl (C=O) groups is 1. The van der Waals surface area contributed by atoms with Gasteiger partial charge in [-0.25, -0.2) is 5.48 Å². The molecule has 0 fully saturated rings. The van der Waals surface area contributed by atoms with Crippen LogP contribution in [-0.2, 0) is 19.2 Å². The highest BCUT2D eigenvalue weighted by Crippen LogP contribution is 1.87. The molecule has 0 heterocycles. The lowest BCUT2D eigenvalue weighted by atomic mass is 10.3. The molecule has 0 aliphatic carbocycles. The Bertz CT molecular complexity index is 221. The normalized spacial score (nSPS) is 11.1. The van der Waals surface area contributed by atoms with Gasteiger partial charge in [0.15, 0.2) is 0 Å². The molecular weight excluding hydrogens is 170 g/mol. The molecule has 0 rings (SSSR count). The van der Waals surface area contributed by atoms with E-state index in [0.717, 1.165) is 6.26 Å². The molecule has 6 heteroatoms. The van der Waals surface area contributed by atoms with Gasteiger partial charge in [-0.3, -0.25) is 4.79 Å². The molecule has 0 saturated carbocycles. The number of hydrogen-bond donors (Lipinski definition) is 1. The van der Waals surface area contributed by atoms with E-state index in [2.05, 4.69) is 4.28 Å². The lowest BCUT2D eigenvalue weighted by Gasteiger charge is -2.00.